The first kappa shape index (κ1) is 16.4. The third-order valence-electron chi connectivity index (χ3n) is 2.60. The molecule has 8 heteroatoms. The van der Waals surface area contributed by atoms with Crippen LogP contribution in [-0.2, 0) is 14.8 Å². The third kappa shape index (κ3) is 4.19. The van der Waals surface area contributed by atoms with Crippen molar-refractivity contribution in [2.24, 2.45) is 5.14 Å². The molecular weight excluding hydrogens is 282 g/mol. The minimum atomic E-state index is -3.91. The molecule has 1 rings (SSSR count). The van der Waals surface area contributed by atoms with Crippen molar-refractivity contribution in [3.8, 4) is 0 Å². The molecule has 0 aliphatic heterocycles. The first-order chi connectivity index (χ1) is 9.27. The molecule has 112 valence electrons. The van der Waals surface area contributed by atoms with E-state index in [2.05, 4.69) is 5.32 Å². The maximum absolute atomic E-state index is 11.9. The molecule has 1 amide bonds. The van der Waals surface area contributed by atoms with Crippen LogP contribution in [0.1, 0.15) is 10.4 Å². The van der Waals surface area contributed by atoms with Gasteiger partial charge in [0.15, 0.2) is 0 Å². The molecule has 1 aromatic rings. The minimum Gasteiger partial charge on any atom is -0.383 e. The largest absolute Gasteiger partial charge is 0.383 e. The van der Waals surface area contributed by atoms with E-state index in [1.54, 1.807) is 31.1 Å². The standard InChI is InChI=1S/C12H19N3O4S/c1-15(2)10-5-4-9(8-11(10)20(13,17)18)12(16)14-6-7-19-3/h4-5,8H,6-7H2,1-3H3,(H,14,16)(H2,13,17,18). The summed E-state index contributed by atoms with van der Waals surface area (Å²) >= 11 is 0. The van der Waals surface area contributed by atoms with E-state index < -0.39 is 10.0 Å². The Balaban J connectivity index is 3.10. The van der Waals surface area contributed by atoms with Crippen molar-refractivity contribution in [2.75, 3.05) is 39.3 Å². The Bertz CT molecular complexity index is 584. The summed E-state index contributed by atoms with van der Waals surface area (Å²) in [6, 6.07) is 4.37. The van der Waals surface area contributed by atoms with E-state index >= 15 is 0 Å². The summed E-state index contributed by atoms with van der Waals surface area (Å²) < 4.78 is 28.0. The molecule has 0 atom stereocenters. The van der Waals surface area contributed by atoms with Crippen LogP contribution in [0, 0.1) is 0 Å². The van der Waals surface area contributed by atoms with Gasteiger partial charge in [-0.1, -0.05) is 0 Å². The minimum absolute atomic E-state index is 0.0816. The zero-order chi connectivity index (χ0) is 15.3. The van der Waals surface area contributed by atoms with E-state index in [1.807, 2.05) is 0 Å². The highest BCUT2D eigenvalue weighted by Crippen LogP contribution is 2.23. The number of rotatable bonds is 6. The van der Waals surface area contributed by atoms with Crippen LogP contribution >= 0.6 is 0 Å². The molecule has 0 aliphatic rings. The number of carbonyl (C=O) groups is 1. The van der Waals surface area contributed by atoms with Gasteiger partial charge in [0, 0.05) is 33.3 Å². The molecule has 0 fully saturated rings. The summed E-state index contributed by atoms with van der Waals surface area (Å²) in [6.45, 7) is 0.721. The molecule has 0 spiro atoms. The number of amides is 1. The highest BCUT2D eigenvalue weighted by molar-refractivity contribution is 7.89. The van der Waals surface area contributed by atoms with E-state index in [9.17, 15) is 13.2 Å². The van der Waals surface area contributed by atoms with Crippen molar-refractivity contribution >= 4 is 21.6 Å². The van der Waals surface area contributed by atoms with Crippen LogP contribution in [0.3, 0.4) is 0 Å². The predicted octanol–water partition coefficient (Wildman–Crippen LogP) is -0.224. The van der Waals surface area contributed by atoms with E-state index in [-0.39, 0.29) is 16.4 Å². The topological polar surface area (TPSA) is 102 Å². The van der Waals surface area contributed by atoms with Gasteiger partial charge in [0.05, 0.1) is 12.3 Å². The molecule has 0 aliphatic carbocycles. The quantitative estimate of drug-likeness (QED) is 0.707. The number of ether oxygens (including phenoxy) is 1. The van der Waals surface area contributed by atoms with Crippen LogP contribution in [0.4, 0.5) is 5.69 Å². The normalized spacial score (nSPS) is 11.2. The molecular formula is C12H19N3O4S. The number of hydrogen-bond acceptors (Lipinski definition) is 5. The lowest BCUT2D eigenvalue weighted by Gasteiger charge is -2.17. The number of anilines is 1. The van der Waals surface area contributed by atoms with E-state index in [0.29, 0.717) is 18.8 Å². The number of benzene rings is 1. The molecule has 0 aromatic heterocycles. The Kier molecular flexibility index (Phi) is 5.49. The van der Waals surface area contributed by atoms with Crippen molar-refractivity contribution in [1.82, 2.24) is 5.32 Å². The van der Waals surface area contributed by atoms with Crippen molar-refractivity contribution in [3.63, 3.8) is 0 Å². The van der Waals surface area contributed by atoms with Gasteiger partial charge < -0.3 is 15.0 Å². The molecule has 20 heavy (non-hydrogen) atoms. The Morgan fingerprint density at radius 3 is 2.55 bits per heavy atom. The zero-order valence-corrected chi connectivity index (χ0v) is 12.5. The number of carbonyl (C=O) groups excluding carboxylic acids is 1. The summed E-state index contributed by atoms with van der Waals surface area (Å²) in [6.07, 6.45) is 0. The van der Waals surface area contributed by atoms with Gasteiger partial charge >= 0.3 is 0 Å². The molecule has 0 bridgehead atoms. The van der Waals surface area contributed by atoms with Gasteiger partial charge in [-0.25, -0.2) is 13.6 Å². The predicted molar refractivity (Wildman–Crippen MR) is 76.4 cm³/mol. The highest BCUT2D eigenvalue weighted by Gasteiger charge is 2.18. The average Bonchev–Trinajstić information content (AvgIpc) is 2.37. The van der Waals surface area contributed by atoms with E-state index in [4.69, 9.17) is 9.88 Å². The van der Waals surface area contributed by atoms with Gasteiger partial charge in [-0.3, -0.25) is 4.79 Å². The second-order valence-corrected chi connectivity index (χ2v) is 5.90. The van der Waals surface area contributed by atoms with Gasteiger partial charge in [-0.2, -0.15) is 0 Å². The first-order valence-corrected chi connectivity index (χ1v) is 7.43. The number of hydrogen-bond donors (Lipinski definition) is 2. The van der Waals surface area contributed by atoms with Crippen LogP contribution < -0.4 is 15.4 Å². The lowest BCUT2D eigenvalue weighted by Crippen LogP contribution is -2.27. The Hall–Kier alpha value is -1.64. The molecule has 7 nitrogen and oxygen atoms in total. The zero-order valence-electron chi connectivity index (χ0n) is 11.7. The Morgan fingerprint density at radius 1 is 1.40 bits per heavy atom. The van der Waals surface area contributed by atoms with E-state index in [1.165, 1.54) is 13.2 Å². The van der Waals surface area contributed by atoms with Gasteiger partial charge in [0.25, 0.3) is 5.91 Å². The summed E-state index contributed by atoms with van der Waals surface area (Å²) in [5.74, 6) is -0.378. The Morgan fingerprint density at radius 2 is 2.05 bits per heavy atom. The maximum Gasteiger partial charge on any atom is 0.251 e. The van der Waals surface area contributed by atoms with Crippen molar-refractivity contribution in [3.05, 3.63) is 23.8 Å². The summed E-state index contributed by atoms with van der Waals surface area (Å²) in [5, 5.41) is 7.79. The number of nitrogens with two attached hydrogens (primary N) is 1. The van der Waals surface area contributed by atoms with Gasteiger partial charge in [0.1, 0.15) is 4.90 Å². The summed E-state index contributed by atoms with van der Waals surface area (Å²) in [5.41, 5.74) is 0.664. The van der Waals surface area contributed by atoms with Crippen molar-refractivity contribution < 1.29 is 17.9 Å². The summed E-state index contributed by atoms with van der Waals surface area (Å²) in [4.78, 5) is 13.4. The number of primary sulfonamides is 1. The van der Waals surface area contributed by atoms with Crippen LogP contribution in [0.2, 0.25) is 0 Å². The van der Waals surface area contributed by atoms with Gasteiger partial charge in [-0.05, 0) is 18.2 Å². The highest BCUT2D eigenvalue weighted by atomic mass is 32.2. The molecule has 3 N–H and O–H groups in total. The number of nitrogens with zero attached hydrogens (tertiary/aromatic N) is 1. The van der Waals surface area contributed by atoms with Crippen LogP contribution in [0.15, 0.2) is 23.1 Å². The summed E-state index contributed by atoms with van der Waals surface area (Å²) in [7, 11) is 1.01. The molecule has 0 saturated heterocycles. The fourth-order valence-corrected chi connectivity index (χ4v) is 2.45. The third-order valence-corrected chi connectivity index (χ3v) is 3.54. The lowest BCUT2D eigenvalue weighted by molar-refractivity contribution is 0.0937. The smallest absolute Gasteiger partial charge is 0.251 e. The lowest BCUT2D eigenvalue weighted by atomic mass is 10.2. The molecule has 0 radical (unpaired) electrons. The van der Waals surface area contributed by atoms with Crippen LogP contribution in [0.25, 0.3) is 0 Å². The van der Waals surface area contributed by atoms with Crippen molar-refractivity contribution in [2.45, 2.75) is 4.90 Å². The number of sulfonamides is 1. The van der Waals surface area contributed by atoms with Crippen LogP contribution in [-0.4, -0.2) is 48.7 Å². The number of methoxy groups -OCH3 is 1. The Labute approximate surface area is 118 Å². The fraction of sp³-hybridized carbons (Fsp3) is 0.417. The second kappa shape index (κ2) is 6.69. The van der Waals surface area contributed by atoms with Gasteiger partial charge in [0.2, 0.25) is 10.0 Å². The van der Waals surface area contributed by atoms with Crippen LogP contribution in [0.5, 0.6) is 0 Å². The molecule has 0 heterocycles. The fourth-order valence-electron chi connectivity index (χ4n) is 1.62. The van der Waals surface area contributed by atoms with Gasteiger partial charge in [-0.15, -0.1) is 0 Å². The first-order valence-electron chi connectivity index (χ1n) is 5.88. The van der Waals surface area contributed by atoms with Crippen molar-refractivity contribution in [1.29, 1.82) is 0 Å². The molecule has 1 aromatic carbocycles. The number of nitrogens with one attached hydrogen (secondary N) is 1. The maximum atomic E-state index is 11.9. The molecule has 0 saturated carbocycles. The monoisotopic (exact) mass is 301 g/mol. The molecule has 0 unspecified atom stereocenters. The van der Waals surface area contributed by atoms with E-state index in [0.717, 1.165) is 0 Å². The second-order valence-electron chi connectivity index (χ2n) is 4.37. The SMILES string of the molecule is COCCNC(=O)c1ccc(N(C)C)c(S(N)(=O)=O)c1. The average molecular weight is 301 g/mol.